The second-order valence-corrected chi connectivity index (χ2v) is 6.46. The van der Waals surface area contributed by atoms with E-state index in [-0.39, 0.29) is 23.6 Å². The maximum absolute atomic E-state index is 13.9. The zero-order chi connectivity index (χ0) is 16.7. The van der Waals surface area contributed by atoms with Gasteiger partial charge in [0, 0.05) is 29.8 Å². The molecule has 4 nitrogen and oxygen atoms in total. The fourth-order valence-electron chi connectivity index (χ4n) is 3.42. The van der Waals surface area contributed by atoms with Gasteiger partial charge in [0.2, 0.25) is 0 Å². The van der Waals surface area contributed by atoms with Crippen LogP contribution in [0.15, 0.2) is 42.5 Å². The van der Waals surface area contributed by atoms with Crippen molar-refractivity contribution in [2.75, 3.05) is 11.4 Å². The molecule has 1 fully saturated rings. The third-order valence-corrected chi connectivity index (χ3v) is 4.94. The molecule has 2 aromatic rings. The summed E-state index contributed by atoms with van der Waals surface area (Å²) in [5.41, 5.74) is 2.97. The summed E-state index contributed by atoms with van der Waals surface area (Å²) in [6.45, 7) is 0.788. The molecule has 0 unspecified atom stereocenters. The van der Waals surface area contributed by atoms with Crippen molar-refractivity contribution in [2.45, 2.75) is 24.8 Å². The minimum absolute atomic E-state index is 0.0992. The maximum Gasteiger partial charge on any atom is 0.322 e. The molecular weight excluding hydrogens is 305 g/mol. The number of urea groups is 1. The fourth-order valence-corrected chi connectivity index (χ4v) is 3.42. The number of nitriles is 1. The molecule has 2 aliphatic rings. The Hall–Kier alpha value is -2.87. The van der Waals surface area contributed by atoms with Gasteiger partial charge in [0.1, 0.15) is 5.82 Å². The van der Waals surface area contributed by atoms with Gasteiger partial charge in [-0.2, -0.15) is 5.26 Å². The monoisotopic (exact) mass is 321 g/mol. The van der Waals surface area contributed by atoms with Gasteiger partial charge in [-0.05, 0) is 36.6 Å². The van der Waals surface area contributed by atoms with Gasteiger partial charge in [0.25, 0.3) is 0 Å². The standard InChI is InChI=1S/C19H16FN3O/c20-16-9-13(10-21)5-6-14(16)11-22-18(24)23-12-19(7-8-19)15-3-1-2-4-17(15)23/h1-6,9H,7-8,11-12H2,(H,22,24). The van der Waals surface area contributed by atoms with Crippen molar-refractivity contribution in [3.63, 3.8) is 0 Å². The number of fused-ring (bicyclic) bond motifs is 2. The number of carbonyl (C=O) groups excluding carboxylic acids is 1. The van der Waals surface area contributed by atoms with E-state index >= 15 is 0 Å². The Labute approximate surface area is 139 Å². The zero-order valence-electron chi connectivity index (χ0n) is 13.1. The summed E-state index contributed by atoms with van der Waals surface area (Å²) in [6.07, 6.45) is 2.22. The Morgan fingerprint density at radius 2 is 2.08 bits per heavy atom. The molecule has 1 heterocycles. The second kappa shape index (κ2) is 5.34. The molecule has 1 aliphatic carbocycles. The Bertz CT molecular complexity index is 867. The van der Waals surface area contributed by atoms with E-state index in [1.165, 1.54) is 17.7 Å². The molecule has 5 heteroatoms. The van der Waals surface area contributed by atoms with Crippen LogP contribution in [-0.2, 0) is 12.0 Å². The van der Waals surface area contributed by atoms with E-state index in [0.717, 1.165) is 18.5 Å². The zero-order valence-corrected chi connectivity index (χ0v) is 13.1. The van der Waals surface area contributed by atoms with Crippen LogP contribution in [0, 0.1) is 17.1 Å². The number of anilines is 1. The number of rotatable bonds is 2. The maximum atomic E-state index is 13.9. The smallest absolute Gasteiger partial charge is 0.322 e. The first-order valence-corrected chi connectivity index (χ1v) is 7.96. The van der Waals surface area contributed by atoms with E-state index in [0.29, 0.717) is 12.1 Å². The first-order chi connectivity index (χ1) is 11.6. The minimum Gasteiger partial charge on any atom is -0.334 e. The van der Waals surface area contributed by atoms with Crippen LogP contribution in [-0.4, -0.2) is 12.6 Å². The second-order valence-electron chi connectivity index (χ2n) is 6.46. The number of para-hydroxylation sites is 1. The van der Waals surface area contributed by atoms with Crippen molar-refractivity contribution >= 4 is 11.7 Å². The molecule has 1 saturated carbocycles. The summed E-state index contributed by atoms with van der Waals surface area (Å²) < 4.78 is 13.9. The van der Waals surface area contributed by atoms with Gasteiger partial charge in [0.15, 0.2) is 0 Å². The minimum atomic E-state index is -0.477. The molecule has 1 N–H and O–H groups in total. The molecule has 24 heavy (non-hydrogen) atoms. The Kier molecular flexibility index (Phi) is 3.27. The molecule has 0 atom stereocenters. The predicted octanol–water partition coefficient (Wildman–Crippen LogP) is 3.46. The van der Waals surface area contributed by atoms with Gasteiger partial charge >= 0.3 is 6.03 Å². The van der Waals surface area contributed by atoms with Gasteiger partial charge in [-0.1, -0.05) is 24.3 Å². The lowest BCUT2D eigenvalue weighted by molar-refractivity contribution is 0.246. The number of nitrogens with one attached hydrogen (secondary N) is 1. The number of benzene rings is 2. The van der Waals surface area contributed by atoms with Crippen LogP contribution < -0.4 is 10.2 Å². The van der Waals surface area contributed by atoms with Crippen LogP contribution in [0.1, 0.15) is 29.5 Å². The number of hydrogen-bond donors (Lipinski definition) is 1. The van der Waals surface area contributed by atoms with Crippen LogP contribution >= 0.6 is 0 Å². The van der Waals surface area contributed by atoms with Gasteiger partial charge in [-0.3, -0.25) is 4.90 Å². The lowest BCUT2D eigenvalue weighted by Gasteiger charge is -2.18. The van der Waals surface area contributed by atoms with E-state index < -0.39 is 5.82 Å². The molecule has 4 rings (SSSR count). The summed E-state index contributed by atoms with van der Waals surface area (Å²) in [5, 5.41) is 11.6. The molecular formula is C19H16FN3O. The number of halogens is 1. The quantitative estimate of drug-likeness (QED) is 0.921. The normalized spacial score (nSPS) is 16.6. The topological polar surface area (TPSA) is 56.1 Å². The van der Waals surface area contributed by atoms with Crippen molar-refractivity contribution in [2.24, 2.45) is 0 Å². The lowest BCUT2D eigenvalue weighted by atomic mass is 9.99. The average molecular weight is 321 g/mol. The van der Waals surface area contributed by atoms with Gasteiger partial charge in [0.05, 0.1) is 11.6 Å². The highest BCUT2D eigenvalue weighted by molar-refractivity contribution is 5.95. The first-order valence-electron chi connectivity index (χ1n) is 7.96. The van der Waals surface area contributed by atoms with E-state index in [2.05, 4.69) is 11.4 Å². The van der Waals surface area contributed by atoms with Crippen LogP contribution in [0.2, 0.25) is 0 Å². The molecule has 0 bridgehead atoms. The Balaban J connectivity index is 1.49. The molecule has 1 aliphatic heterocycles. The predicted molar refractivity (Wildman–Crippen MR) is 88.1 cm³/mol. The lowest BCUT2D eigenvalue weighted by Crippen LogP contribution is -2.40. The highest BCUT2D eigenvalue weighted by Gasteiger charge is 2.52. The summed E-state index contributed by atoms with van der Waals surface area (Å²) in [6, 6.07) is 13.9. The van der Waals surface area contributed by atoms with Crippen LogP contribution in [0.3, 0.4) is 0 Å². The largest absolute Gasteiger partial charge is 0.334 e. The summed E-state index contributed by atoms with van der Waals surface area (Å²) in [7, 11) is 0. The molecule has 0 aromatic heterocycles. The highest BCUT2D eigenvalue weighted by Crippen LogP contribution is 2.56. The Morgan fingerprint density at radius 1 is 1.29 bits per heavy atom. The summed E-state index contributed by atoms with van der Waals surface area (Å²) >= 11 is 0. The molecule has 2 amide bonds. The van der Waals surface area contributed by atoms with Crippen molar-refractivity contribution in [1.29, 1.82) is 5.26 Å². The summed E-state index contributed by atoms with van der Waals surface area (Å²) in [5.74, 6) is -0.477. The molecule has 2 aromatic carbocycles. The van der Waals surface area contributed by atoms with Gasteiger partial charge in [-0.15, -0.1) is 0 Å². The number of hydrogen-bond acceptors (Lipinski definition) is 2. The van der Waals surface area contributed by atoms with Crippen molar-refractivity contribution in [3.05, 3.63) is 65.0 Å². The third-order valence-electron chi connectivity index (χ3n) is 4.94. The number of carbonyl (C=O) groups is 1. The van der Waals surface area contributed by atoms with E-state index in [1.807, 2.05) is 24.3 Å². The van der Waals surface area contributed by atoms with Crippen LogP contribution in [0.25, 0.3) is 0 Å². The van der Waals surface area contributed by atoms with Crippen molar-refractivity contribution in [1.82, 2.24) is 5.32 Å². The average Bonchev–Trinajstić information content (AvgIpc) is 3.31. The number of nitrogens with zero attached hydrogens (tertiary/aromatic N) is 2. The van der Waals surface area contributed by atoms with Gasteiger partial charge < -0.3 is 5.32 Å². The summed E-state index contributed by atoms with van der Waals surface area (Å²) in [4.78, 5) is 14.3. The van der Waals surface area contributed by atoms with E-state index in [1.54, 1.807) is 11.0 Å². The molecule has 0 radical (unpaired) electrons. The van der Waals surface area contributed by atoms with E-state index in [4.69, 9.17) is 5.26 Å². The molecule has 1 spiro atoms. The van der Waals surface area contributed by atoms with Crippen LogP contribution in [0.4, 0.5) is 14.9 Å². The SMILES string of the molecule is N#Cc1ccc(CNC(=O)N2CC3(CC3)c3ccccc32)c(F)c1. The molecule has 120 valence electrons. The number of amides is 2. The van der Waals surface area contributed by atoms with E-state index in [9.17, 15) is 9.18 Å². The highest BCUT2D eigenvalue weighted by atomic mass is 19.1. The molecule has 0 saturated heterocycles. The first kappa shape index (κ1) is 14.7. The fraction of sp³-hybridized carbons (Fsp3) is 0.263. The van der Waals surface area contributed by atoms with Gasteiger partial charge in [-0.25, -0.2) is 9.18 Å². The van der Waals surface area contributed by atoms with Crippen LogP contribution in [0.5, 0.6) is 0 Å². The third kappa shape index (κ3) is 2.31. The van der Waals surface area contributed by atoms with Crippen molar-refractivity contribution < 1.29 is 9.18 Å². The van der Waals surface area contributed by atoms with Crippen molar-refractivity contribution in [3.8, 4) is 6.07 Å². The Morgan fingerprint density at radius 3 is 2.79 bits per heavy atom.